The molecule has 0 aromatic heterocycles. The number of carbonyl (C=O) groups excluding carboxylic acids is 1. The summed E-state index contributed by atoms with van der Waals surface area (Å²) in [7, 11) is 1.89. The van der Waals surface area contributed by atoms with Crippen LogP contribution >= 0.6 is 0 Å². The fraction of sp³-hybridized carbons (Fsp3) is 0.308. The van der Waals surface area contributed by atoms with Crippen molar-refractivity contribution in [1.82, 2.24) is 0 Å². The molecule has 2 nitrogen and oxygen atoms in total. The lowest BCUT2D eigenvalue weighted by Crippen LogP contribution is -2.19. The summed E-state index contributed by atoms with van der Waals surface area (Å²) in [5.41, 5.74) is 1.65. The minimum absolute atomic E-state index is 0.148. The van der Waals surface area contributed by atoms with Gasteiger partial charge in [-0.3, -0.25) is 4.79 Å². The third kappa shape index (κ3) is 2.60. The van der Waals surface area contributed by atoms with Crippen molar-refractivity contribution in [2.45, 2.75) is 13.3 Å². The number of anilines is 1. The second kappa shape index (κ2) is 5.21. The van der Waals surface area contributed by atoms with Gasteiger partial charge >= 0.3 is 0 Å². The van der Waals surface area contributed by atoms with Crippen molar-refractivity contribution in [2.24, 2.45) is 0 Å². The van der Waals surface area contributed by atoms with E-state index in [1.807, 2.05) is 43.1 Å². The largest absolute Gasteiger partial charge is 0.363 e. The van der Waals surface area contributed by atoms with E-state index in [4.69, 9.17) is 6.42 Å². The lowest BCUT2D eigenvalue weighted by Gasteiger charge is -2.19. The molecular weight excluding hydrogens is 186 g/mol. The van der Waals surface area contributed by atoms with Gasteiger partial charge in [0.05, 0.1) is 6.54 Å². The maximum atomic E-state index is 11.7. The SMILES string of the molecule is C#CCN(C)c1ccccc1C(=O)CC. The number of para-hydroxylation sites is 1. The molecule has 0 amide bonds. The first-order valence-electron chi connectivity index (χ1n) is 4.97. The molecule has 1 rings (SSSR count). The lowest BCUT2D eigenvalue weighted by atomic mass is 10.1. The van der Waals surface area contributed by atoms with Gasteiger partial charge < -0.3 is 4.90 Å². The number of hydrogen-bond acceptors (Lipinski definition) is 2. The summed E-state index contributed by atoms with van der Waals surface area (Å²) in [5, 5.41) is 0. The molecule has 0 spiro atoms. The van der Waals surface area contributed by atoms with Crippen LogP contribution in [0.5, 0.6) is 0 Å². The molecule has 0 aliphatic rings. The van der Waals surface area contributed by atoms with Crippen molar-refractivity contribution >= 4 is 11.5 Å². The molecule has 0 saturated carbocycles. The number of carbonyl (C=O) groups is 1. The van der Waals surface area contributed by atoms with E-state index in [2.05, 4.69) is 5.92 Å². The zero-order valence-corrected chi connectivity index (χ0v) is 9.16. The molecule has 0 unspecified atom stereocenters. The Morgan fingerprint density at radius 1 is 1.47 bits per heavy atom. The molecule has 2 heteroatoms. The van der Waals surface area contributed by atoms with E-state index in [9.17, 15) is 4.79 Å². The second-order valence-electron chi connectivity index (χ2n) is 3.35. The zero-order chi connectivity index (χ0) is 11.3. The van der Waals surface area contributed by atoms with Crippen LogP contribution in [-0.4, -0.2) is 19.4 Å². The van der Waals surface area contributed by atoms with Gasteiger partial charge in [-0.2, -0.15) is 0 Å². The molecule has 0 radical (unpaired) electrons. The first-order chi connectivity index (χ1) is 7.20. The number of rotatable bonds is 4. The summed E-state index contributed by atoms with van der Waals surface area (Å²) in [4.78, 5) is 13.6. The van der Waals surface area contributed by atoms with Gasteiger partial charge in [0.15, 0.2) is 5.78 Å². The van der Waals surface area contributed by atoms with Crippen molar-refractivity contribution in [3.8, 4) is 12.3 Å². The van der Waals surface area contributed by atoms with Gasteiger partial charge in [0, 0.05) is 24.7 Å². The Labute approximate surface area is 90.9 Å². The van der Waals surface area contributed by atoms with Crippen LogP contribution in [0.3, 0.4) is 0 Å². The average molecular weight is 201 g/mol. The van der Waals surface area contributed by atoms with Gasteiger partial charge in [-0.1, -0.05) is 25.0 Å². The molecule has 0 aliphatic heterocycles. The fourth-order valence-corrected chi connectivity index (χ4v) is 1.45. The number of benzene rings is 1. The van der Waals surface area contributed by atoms with E-state index in [1.165, 1.54) is 0 Å². The van der Waals surface area contributed by atoms with E-state index in [0.29, 0.717) is 13.0 Å². The fourth-order valence-electron chi connectivity index (χ4n) is 1.45. The molecule has 0 N–H and O–H groups in total. The first kappa shape index (κ1) is 11.3. The molecule has 78 valence electrons. The molecule has 0 saturated heterocycles. The van der Waals surface area contributed by atoms with E-state index in [0.717, 1.165) is 11.3 Å². The van der Waals surface area contributed by atoms with Crippen LogP contribution in [0.1, 0.15) is 23.7 Å². The Balaban J connectivity index is 3.07. The Kier molecular flexibility index (Phi) is 3.93. The van der Waals surface area contributed by atoms with Crippen LogP contribution in [0.15, 0.2) is 24.3 Å². The summed E-state index contributed by atoms with van der Waals surface area (Å²) >= 11 is 0. The number of nitrogens with zero attached hydrogens (tertiary/aromatic N) is 1. The summed E-state index contributed by atoms with van der Waals surface area (Å²) in [6, 6.07) is 7.54. The molecule has 0 aliphatic carbocycles. The van der Waals surface area contributed by atoms with Crippen LogP contribution in [0, 0.1) is 12.3 Å². The van der Waals surface area contributed by atoms with Crippen molar-refractivity contribution < 1.29 is 4.79 Å². The van der Waals surface area contributed by atoms with Crippen molar-refractivity contribution in [3.63, 3.8) is 0 Å². The standard InChI is InChI=1S/C13H15NO/c1-4-10-14(3)12-9-7-6-8-11(12)13(15)5-2/h1,6-9H,5,10H2,2-3H3. The summed E-state index contributed by atoms with van der Waals surface area (Å²) < 4.78 is 0. The number of Topliss-reactive ketones (excluding diaryl/α,β-unsaturated/α-hetero) is 1. The highest BCUT2D eigenvalue weighted by Crippen LogP contribution is 2.20. The Morgan fingerprint density at radius 3 is 2.73 bits per heavy atom. The van der Waals surface area contributed by atoms with Gasteiger partial charge in [0.2, 0.25) is 0 Å². The van der Waals surface area contributed by atoms with E-state index in [1.54, 1.807) is 0 Å². The third-order valence-corrected chi connectivity index (χ3v) is 2.27. The molecule has 1 aromatic rings. The average Bonchev–Trinajstić information content (AvgIpc) is 2.28. The van der Waals surface area contributed by atoms with Crippen LogP contribution in [-0.2, 0) is 0 Å². The smallest absolute Gasteiger partial charge is 0.164 e. The van der Waals surface area contributed by atoms with Gasteiger partial charge in [-0.15, -0.1) is 6.42 Å². The highest BCUT2D eigenvalue weighted by Gasteiger charge is 2.11. The Morgan fingerprint density at radius 2 is 2.13 bits per heavy atom. The second-order valence-corrected chi connectivity index (χ2v) is 3.35. The van der Waals surface area contributed by atoms with Crippen LogP contribution in [0.25, 0.3) is 0 Å². The summed E-state index contributed by atoms with van der Waals surface area (Å²) in [6.45, 7) is 2.37. The van der Waals surface area contributed by atoms with Gasteiger partial charge in [0.1, 0.15) is 0 Å². The summed E-state index contributed by atoms with van der Waals surface area (Å²) in [5.74, 6) is 2.71. The quantitative estimate of drug-likeness (QED) is 0.550. The van der Waals surface area contributed by atoms with Crippen molar-refractivity contribution in [2.75, 3.05) is 18.5 Å². The predicted octanol–water partition coefficient (Wildman–Crippen LogP) is 2.35. The molecule has 0 heterocycles. The van der Waals surface area contributed by atoms with Crippen LogP contribution < -0.4 is 4.90 Å². The lowest BCUT2D eigenvalue weighted by molar-refractivity contribution is 0.0988. The van der Waals surface area contributed by atoms with Crippen LogP contribution in [0.4, 0.5) is 5.69 Å². The maximum absolute atomic E-state index is 11.7. The van der Waals surface area contributed by atoms with E-state index < -0.39 is 0 Å². The number of terminal acetylenes is 1. The molecule has 1 aromatic carbocycles. The molecule has 0 atom stereocenters. The van der Waals surface area contributed by atoms with Gasteiger partial charge in [-0.05, 0) is 12.1 Å². The monoisotopic (exact) mass is 201 g/mol. The first-order valence-corrected chi connectivity index (χ1v) is 4.97. The summed E-state index contributed by atoms with van der Waals surface area (Å²) in [6.07, 6.45) is 5.76. The normalized spacial score (nSPS) is 9.40. The van der Waals surface area contributed by atoms with E-state index in [-0.39, 0.29) is 5.78 Å². The van der Waals surface area contributed by atoms with Crippen molar-refractivity contribution in [3.05, 3.63) is 29.8 Å². The van der Waals surface area contributed by atoms with Gasteiger partial charge in [0.25, 0.3) is 0 Å². The number of ketones is 1. The molecular formula is C13H15NO. The minimum atomic E-state index is 0.148. The highest BCUT2D eigenvalue weighted by molar-refractivity contribution is 6.01. The number of hydrogen-bond donors (Lipinski definition) is 0. The maximum Gasteiger partial charge on any atom is 0.164 e. The topological polar surface area (TPSA) is 20.3 Å². The highest BCUT2D eigenvalue weighted by atomic mass is 16.1. The molecule has 15 heavy (non-hydrogen) atoms. The Hall–Kier alpha value is -1.75. The zero-order valence-electron chi connectivity index (χ0n) is 9.16. The van der Waals surface area contributed by atoms with Crippen LogP contribution in [0.2, 0.25) is 0 Å². The minimum Gasteiger partial charge on any atom is -0.363 e. The van der Waals surface area contributed by atoms with E-state index >= 15 is 0 Å². The Bertz CT molecular complexity index is 390. The van der Waals surface area contributed by atoms with Crippen molar-refractivity contribution in [1.29, 1.82) is 0 Å². The molecule has 0 bridgehead atoms. The third-order valence-electron chi connectivity index (χ3n) is 2.27. The predicted molar refractivity (Wildman–Crippen MR) is 63.2 cm³/mol. The molecule has 0 fully saturated rings. The van der Waals surface area contributed by atoms with Gasteiger partial charge in [-0.25, -0.2) is 0 Å².